The minimum atomic E-state index is -4.69. The maximum absolute atomic E-state index is 13.8. The molecular formula is C40H41F3N8O6. The number of aromatic nitrogens is 5. The van der Waals surface area contributed by atoms with Gasteiger partial charge in [-0.2, -0.15) is 18.3 Å². The fourth-order valence-electron chi connectivity index (χ4n) is 8.71. The molecule has 57 heavy (non-hydrogen) atoms. The van der Waals surface area contributed by atoms with E-state index in [-0.39, 0.29) is 65.4 Å². The second-order valence-corrected chi connectivity index (χ2v) is 15.1. The van der Waals surface area contributed by atoms with Crippen LogP contribution in [0.4, 0.5) is 18.9 Å². The molecule has 4 amide bonds. The van der Waals surface area contributed by atoms with Crippen LogP contribution < -0.4 is 21.1 Å². The van der Waals surface area contributed by atoms with Gasteiger partial charge in [-0.3, -0.25) is 38.3 Å². The molecule has 1 aliphatic carbocycles. The first-order valence-electron chi connectivity index (χ1n) is 19.1. The first kappa shape index (κ1) is 37.9. The number of nitrogens with one attached hydrogen (secondary N) is 2. The predicted octanol–water partition coefficient (Wildman–Crippen LogP) is 5.48. The number of amides is 4. The van der Waals surface area contributed by atoms with Gasteiger partial charge in [0.05, 0.1) is 35.4 Å². The molecule has 8 rings (SSSR count). The lowest BCUT2D eigenvalue weighted by Crippen LogP contribution is -2.44. The number of likely N-dealkylation sites (tertiary alicyclic amines) is 1. The maximum Gasteiger partial charge on any atom is 0.433 e. The highest BCUT2D eigenvalue weighted by Crippen LogP contribution is 2.38. The molecule has 3 aromatic heterocycles. The number of imidazole rings is 1. The summed E-state index contributed by atoms with van der Waals surface area (Å²) in [6, 6.07) is 11.5. The van der Waals surface area contributed by atoms with Gasteiger partial charge in [-0.25, -0.2) is 9.78 Å². The molecular weight excluding hydrogens is 745 g/mol. The van der Waals surface area contributed by atoms with Crippen molar-refractivity contribution >= 4 is 51.3 Å². The minimum Gasteiger partial charge on any atom is -0.494 e. The average molecular weight is 787 g/mol. The number of benzene rings is 2. The van der Waals surface area contributed by atoms with Crippen LogP contribution in [0.2, 0.25) is 0 Å². The van der Waals surface area contributed by atoms with Gasteiger partial charge in [0.25, 0.3) is 5.91 Å². The van der Waals surface area contributed by atoms with Gasteiger partial charge >= 0.3 is 11.9 Å². The number of piperidine rings is 2. The van der Waals surface area contributed by atoms with Crippen LogP contribution in [0.5, 0.6) is 5.75 Å². The van der Waals surface area contributed by atoms with Gasteiger partial charge in [0.15, 0.2) is 0 Å². The average Bonchev–Trinajstić information content (AvgIpc) is 3.74. The number of carbonyl (C=O) groups is 4. The van der Waals surface area contributed by atoms with E-state index >= 15 is 0 Å². The highest BCUT2D eigenvalue weighted by molar-refractivity contribution is 6.05. The molecule has 3 aliphatic rings. The number of pyridine rings is 1. The summed E-state index contributed by atoms with van der Waals surface area (Å²) in [4.78, 5) is 70.0. The SMILES string of the molecule is COc1cc2nn(C3CCC(C(=O)N4CCC(c5cccc6c5n(C)c(=O)n6C5CCC(=O)NC5=O)CC4)CC3)cc2cc1NC(=O)c1cccc(C(F)(F)F)n1. The van der Waals surface area contributed by atoms with Gasteiger partial charge in [0, 0.05) is 50.1 Å². The molecule has 2 N–H and O–H groups in total. The van der Waals surface area contributed by atoms with Crippen molar-refractivity contribution in [2.45, 2.75) is 75.5 Å². The summed E-state index contributed by atoms with van der Waals surface area (Å²) in [7, 11) is 3.13. The number of aryl methyl sites for hydroxylation is 1. The topological polar surface area (TPSA) is 162 Å². The molecule has 5 heterocycles. The van der Waals surface area contributed by atoms with Gasteiger partial charge in [0.2, 0.25) is 17.7 Å². The third-order valence-electron chi connectivity index (χ3n) is 11.7. The molecule has 0 spiro atoms. The lowest BCUT2D eigenvalue weighted by atomic mass is 9.83. The summed E-state index contributed by atoms with van der Waals surface area (Å²) < 4.78 is 49.9. The highest BCUT2D eigenvalue weighted by atomic mass is 19.4. The van der Waals surface area contributed by atoms with E-state index in [1.54, 1.807) is 23.7 Å². The fourth-order valence-corrected chi connectivity index (χ4v) is 8.71. The molecule has 17 heteroatoms. The summed E-state index contributed by atoms with van der Waals surface area (Å²) >= 11 is 0. The summed E-state index contributed by atoms with van der Waals surface area (Å²) in [6.45, 7) is 1.19. The second-order valence-electron chi connectivity index (χ2n) is 15.1. The number of nitrogens with zero attached hydrogens (tertiary/aromatic N) is 6. The van der Waals surface area contributed by atoms with Gasteiger partial charge in [-0.15, -0.1) is 0 Å². The Bertz CT molecular complexity index is 2470. The van der Waals surface area contributed by atoms with E-state index in [4.69, 9.17) is 9.84 Å². The van der Waals surface area contributed by atoms with Crippen LogP contribution in [0.3, 0.4) is 0 Å². The number of hydrogen-bond acceptors (Lipinski definition) is 8. The van der Waals surface area contributed by atoms with Crippen molar-refractivity contribution in [2.24, 2.45) is 13.0 Å². The van der Waals surface area contributed by atoms with E-state index in [0.717, 1.165) is 48.9 Å². The summed E-state index contributed by atoms with van der Waals surface area (Å²) in [5.41, 5.74) is 1.47. The number of hydrogen-bond donors (Lipinski definition) is 2. The van der Waals surface area contributed by atoms with Gasteiger partial charge in [-0.1, -0.05) is 18.2 Å². The van der Waals surface area contributed by atoms with Crippen molar-refractivity contribution in [3.63, 3.8) is 0 Å². The number of imide groups is 1. The van der Waals surface area contributed by atoms with Crippen molar-refractivity contribution in [3.8, 4) is 5.75 Å². The smallest absolute Gasteiger partial charge is 0.433 e. The number of ether oxygens (including phenoxy) is 1. The van der Waals surface area contributed by atoms with E-state index < -0.39 is 29.7 Å². The Labute approximate surface area is 324 Å². The number of methoxy groups -OCH3 is 1. The number of carbonyl (C=O) groups excluding carboxylic acids is 4. The zero-order chi connectivity index (χ0) is 40.2. The highest BCUT2D eigenvalue weighted by Gasteiger charge is 2.36. The molecule has 1 unspecified atom stereocenters. The van der Waals surface area contributed by atoms with Crippen LogP contribution in [0, 0.1) is 5.92 Å². The maximum atomic E-state index is 13.8. The molecule has 2 saturated heterocycles. The van der Waals surface area contributed by atoms with Crippen LogP contribution in [0.25, 0.3) is 21.9 Å². The Balaban J connectivity index is 0.896. The Morgan fingerprint density at radius 2 is 1.68 bits per heavy atom. The molecule has 1 atom stereocenters. The Hall–Kier alpha value is -6.00. The zero-order valence-corrected chi connectivity index (χ0v) is 31.3. The number of alkyl halides is 3. The monoisotopic (exact) mass is 786 g/mol. The van der Waals surface area contributed by atoms with E-state index in [1.807, 2.05) is 34.0 Å². The Morgan fingerprint density at radius 3 is 2.39 bits per heavy atom. The van der Waals surface area contributed by atoms with E-state index in [2.05, 4.69) is 15.6 Å². The van der Waals surface area contributed by atoms with Crippen molar-refractivity contribution in [1.29, 1.82) is 0 Å². The number of halogens is 3. The van der Waals surface area contributed by atoms with Crippen LogP contribution in [-0.2, 0) is 27.6 Å². The predicted molar refractivity (Wildman–Crippen MR) is 202 cm³/mol. The third-order valence-corrected chi connectivity index (χ3v) is 11.7. The fraction of sp³-hybridized carbons (Fsp3) is 0.425. The van der Waals surface area contributed by atoms with Crippen LogP contribution in [0.1, 0.15) is 91.1 Å². The van der Waals surface area contributed by atoms with Crippen LogP contribution in [-0.4, -0.2) is 72.6 Å². The zero-order valence-electron chi connectivity index (χ0n) is 31.3. The van der Waals surface area contributed by atoms with Crippen molar-refractivity contribution < 1.29 is 37.1 Å². The lowest BCUT2D eigenvalue weighted by Gasteiger charge is -2.36. The van der Waals surface area contributed by atoms with E-state index in [1.165, 1.54) is 17.7 Å². The molecule has 5 aromatic rings. The van der Waals surface area contributed by atoms with Gasteiger partial charge in [-0.05, 0) is 80.7 Å². The molecule has 2 aromatic carbocycles. The van der Waals surface area contributed by atoms with Crippen molar-refractivity contribution in [1.82, 2.24) is 34.1 Å². The number of fused-ring (bicyclic) bond motifs is 2. The molecule has 1 saturated carbocycles. The lowest BCUT2D eigenvalue weighted by molar-refractivity contribution is -0.141. The molecule has 0 radical (unpaired) electrons. The summed E-state index contributed by atoms with van der Waals surface area (Å²) in [5.74, 6) is -1.18. The largest absolute Gasteiger partial charge is 0.494 e. The van der Waals surface area contributed by atoms with E-state index in [9.17, 15) is 37.1 Å². The second kappa shape index (κ2) is 14.8. The standard InChI is InChI=1S/C40H41F3N8O6/c1-48-35-26(5-3-7-30(35)51(39(48)56)31-13-14-34(52)46-37(31)54)22-15-17-49(18-16-22)38(55)23-9-11-25(12-10-23)50-21-24-19-29(32(57-2)20-28(24)47-50)45-36(53)27-6-4-8-33(44-27)40(41,42)43/h3-8,19-23,25,31H,9-18H2,1-2H3,(H,45,53)(H,46,52,54). The molecule has 0 bridgehead atoms. The number of anilines is 1. The molecule has 298 valence electrons. The van der Waals surface area contributed by atoms with Crippen LogP contribution in [0.15, 0.2) is 59.5 Å². The summed E-state index contributed by atoms with van der Waals surface area (Å²) in [6.07, 6.45) is 1.95. The third kappa shape index (κ3) is 7.14. The normalized spacial score (nSPS) is 20.9. The number of para-hydroxylation sites is 1. The Morgan fingerprint density at radius 1 is 0.947 bits per heavy atom. The van der Waals surface area contributed by atoms with Gasteiger partial charge < -0.3 is 15.0 Å². The first-order valence-corrected chi connectivity index (χ1v) is 19.1. The molecule has 3 fully saturated rings. The van der Waals surface area contributed by atoms with Crippen molar-refractivity contribution in [2.75, 3.05) is 25.5 Å². The van der Waals surface area contributed by atoms with Crippen molar-refractivity contribution in [3.05, 3.63) is 82.2 Å². The molecule has 14 nitrogen and oxygen atoms in total. The first-order chi connectivity index (χ1) is 27.3. The Kier molecular flexibility index (Phi) is 9.85. The van der Waals surface area contributed by atoms with E-state index in [0.29, 0.717) is 42.4 Å². The minimum absolute atomic E-state index is 0.0464. The van der Waals surface area contributed by atoms with Crippen LogP contribution >= 0.6 is 0 Å². The summed E-state index contributed by atoms with van der Waals surface area (Å²) in [5, 5.41) is 10.4. The van der Waals surface area contributed by atoms with Gasteiger partial charge in [0.1, 0.15) is 23.2 Å². The molecule has 2 aliphatic heterocycles. The number of rotatable bonds is 7. The quantitative estimate of drug-likeness (QED) is 0.205.